The van der Waals surface area contributed by atoms with Crippen molar-refractivity contribution in [1.82, 2.24) is 5.06 Å². The van der Waals surface area contributed by atoms with E-state index in [0.717, 1.165) is 5.57 Å². The Balaban J connectivity index is 1.71. The lowest BCUT2D eigenvalue weighted by Crippen LogP contribution is -2.39. The molecule has 1 fully saturated rings. The van der Waals surface area contributed by atoms with E-state index in [4.69, 9.17) is 4.74 Å². The number of allylic oxidation sites excluding steroid dienone is 6. The minimum absolute atomic E-state index is 0.112. The Labute approximate surface area is 183 Å². The van der Waals surface area contributed by atoms with E-state index in [1.807, 2.05) is 6.08 Å². The highest BCUT2D eigenvalue weighted by Gasteiger charge is 2.56. The number of rotatable bonds is 2. The summed E-state index contributed by atoms with van der Waals surface area (Å²) in [6, 6.07) is 4.79. The fourth-order valence-corrected chi connectivity index (χ4v) is 5.63. The Kier molecular flexibility index (Phi) is 4.46. The molecule has 1 aromatic carbocycles. The molecule has 3 aliphatic carbocycles. The number of ketones is 2. The van der Waals surface area contributed by atoms with E-state index in [1.165, 1.54) is 19.3 Å². The van der Waals surface area contributed by atoms with Crippen LogP contribution < -0.4 is 4.74 Å². The van der Waals surface area contributed by atoms with Crippen LogP contribution in [0.1, 0.15) is 31.2 Å². The second-order valence-electron chi connectivity index (χ2n) is 8.65. The Morgan fingerprint density at radius 2 is 1.84 bits per heavy atom. The van der Waals surface area contributed by atoms with Gasteiger partial charge in [-0.1, -0.05) is 17.7 Å². The number of amides is 2. The number of nitrogens with zero attached hydrogens (tertiary/aromatic N) is 1. The number of hydrogen-bond acceptors (Lipinski definition) is 7. The van der Waals surface area contributed by atoms with Gasteiger partial charge in [0.25, 0.3) is 11.8 Å². The second-order valence-corrected chi connectivity index (χ2v) is 8.65. The molecule has 2 amide bonds. The molecule has 4 aliphatic rings. The third kappa shape index (κ3) is 2.65. The number of fused-ring (bicyclic) bond motifs is 3. The number of benzene rings is 1. The number of carbonyl (C=O) groups is 4. The van der Waals surface area contributed by atoms with Gasteiger partial charge in [0.1, 0.15) is 0 Å². The van der Waals surface area contributed by atoms with Crippen LogP contribution in [0, 0.1) is 17.8 Å². The summed E-state index contributed by atoms with van der Waals surface area (Å²) >= 11 is 0. The van der Waals surface area contributed by atoms with E-state index in [1.54, 1.807) is 19.1 Å². The monoisotopic (exact) mass is 435 g/mol. The van der Waals surface area contributed by atoms with E-state index < -0.39 is 35.5 Å². The first-order valence-corrected chi connectivity index (χ1v) is 10.4. The average Bonchev–Trinajstić information content (AvgIpc) is 3.00. The first kappa shape index (κ1) is 20.4. The number of hydrogen-bond donors (Lipinski definition) is 2. The van der Waals surface area contributed by atoms with Crippen molar-refractivity contribution < 1.29 is 34.2 Å². The summed E-state index contributed by atoms with van der Waals surface area (Å²) in [5, 5.41) is 20.5. The molecular formula is C24H21NO7. The first-order chi connectivity index (χ1) is 15.2. The number of carbonyl (C=O) groups excluding carboxylic acids is 4. The summed E-state index contributed by atoms with van der Waals surface area (Å²) in [4.78, 5) is 51.3. The number of Topliss-reactive ketones (excluding diaryl/α,β-unsaturated/α-hetero) is 1. The highest BCUT2D eigenvalue weighted by Crippen LogP contribution is 2.55. The second kappa shape index (κ2) is 7.00. The standard InChI is InChI=1S/C24H21NO7/c1-10-7-17(27)21-15(22(10)28)9-14-12(4-5-13-20(14)24(30)25(31)23(13)29)19(21)11-3-6-18(32-2)16(26)8-11/h3-4,6-8,13-14,19-20,26,31H,5,9H2,1-2H3. The summed E-state index contributed by atoms with van der Waals surface area (Å²) in [5.74, 6) is -4.38. The lowest BCUT2D eigenvalue weighted by atomic mass is 9.59. The van der Waals surface area contributed by atoms with Crippen molar-refractivity contribution in [3.05, 3.63) is 58.2 Å². The van der Waals surface area contributed by atoms with Gasteiger partial charge in [-0.15, -0.1) is 0 Å². The van der Waals surface area contributed by atoms with Gasteiger partial charge in [0, 0.05) is 22.6 Å². The van der Waals surface area contributed by atoms with Gasteiger partial charge in [0.15, 0.2) is 23.1 Å². The van der Waals surface area contributed by atoms with Crippen molar-refractivity contribution >= 4 is 23.4 Å². The highest BCUT2D eigenvalue weighted by atomic mass is 16.5. The molecule has 8 heteroatoms. The third-order valence-corrected chi connectivity index (χ3v) is 7.08. The van der Waals surface area contributed by atoms with Gasteiger partial charge in [0.2, 0.25) is 0 Å². The smallest absolute Gasteiger partial charge is 0.257 e. The van der Waals surface area contributed by atoms with Crippen molar-refractivity contribution in [1.29, 1.82) is 0 Å². The molecule has 4 atom stereocenters. The third-order valence-electron chi connectivity index (χ3n) is 7.08. The van der Waals surface area contributed by atoms with Gasteiger partial charge in [-0.3, -0.25) is 24.4 Å². The predicted octanol–water partition coefficient (Wildman–Crippen LogP) is 2.22. The summed E-state index contributed by atoms with van der Waals surface area (Å²) in [5.41, 5.74) is 2.32. The molecule has 164 valence electrons. The minimum Gasteiger partial charge on any atom is -0.504 e. The van der Waals surface area contributed by atoms with Crippen molar-refractivity contribution in [3.8, 4) is 11.5 Å². The van der Waals surface area contributed by atoms with Gasteiger partial charge in [-0.25, -0.2) is 0 Å². The van der Waals surface area contributed by atoms with Crippen LogP contribution in [-0.2, 0) is 19.2 Å². The molecule has 8 nitrogen and oxygen atoms in total. The van der Waals surface area contributed by atoms with Gasteiger partial charge in [-0.05, 0) is 49.5 Å². The molecule has 0 bridgehead atoms. The molecule has 1 saturated heterocycles. The summed E-state index contributed by atoms with van der Waals surface area (Å²) in [7, 11) is 1.43. The summed E-state index contributed by atoms with van der Waals surface area (Å²) in [6.07, 6.45) is 3.55. The normalized spacial score (nSPS) is 29.4. The Hall–Kier alpha value is -3.52. The maximum atomic E-state index is 13.1. The van der Waals surface area contributed by atoms with Crippen molar-refractivity contribution in [2.75, 3.05) is 7.11 Å². The molecular weight excluding hydrogens is 414 g/mol. The molecule has 5 rings (SSSR count). The summed E-state index contributed by atoms with van der Waals surface area (Å²) in [6.45, 7) is 1.58. The molecule has 32 heavy (non-hydrogen) atoms. The van der Waals surface area contributed by atoms with Gasteiger partial charge < -0.3 is 9.84 Å². The Morgan fingerprint density at radius 3 is 2.53 bits per heavy atom. The highest BCUT2D eigenvalue weighted by molar-refractivity contribution is 6.23. The zero-order valence-corrected chi connectivity index (χ0v) is 17.5. The SMILES string of the molecule is COc1ccc(C2C3=CCC4C(=O)N(O)C(=O)C4C3CC3=C2C(=O)C=C(C)C3=O)cc1O. The number of imide groups is 1. The molecule has 0 spiro atoms. The number of phenols is 1. The lowest BCUT2D eigenvalue weighted by Gasteiger charge is -2.42. The lowest BCUT2D eigenvalue weighted by molar-refractivity contribution is -0.173. The molecule has 0 saturated carbocycles. The molecule has 0 aromatic heterocycles. The Morgan fingerprint density at radius 1 is 1.09 bits per heavy atom. The molecule has 1 heterocycles. The fourth-order valence-electron chi connectivity index (χ4n) is 5.63. The van der Waals surface area contributed by atoms with E-state index in [2.05, 4.69) is 0 Å². The van der Waals surface area contributed by atoms with Crippen LogP contribution in [0.15, 0.2) is 52.6 Å². The van der Waals surface area contributed by atoms with Crippen LogP contribution in [0.5, 0.6) is 11.5 Å². The van der Waals surface area contributed by atoms with Crippen molar-refractivity contribution in [3.63, 3.8) is 0 Å². The van der Waals surface area contributed by atoms with E-state index >= 15 is 0 Å². The van der Waals surface area contributed by atoms with Crippen molar-refractivity contribution in [2.45, 2.75) is 25.7 Å². The number of methoxy groups -OCH3 is 1. The zero-order valence-electron chi connectivity index (χ0n) is 17.5. The van der Waals surface area contributed by atoms with Gasteiger partial charge in [-0.2, -0.15) is 5.06 Å². The predicted molar refractivity (Wildman–Crippen MR) is 110 cm³/mol. The molecule has 4 unspecified atom stereocenters. The molecule has 1 aromatic rings. The molecule has 2 N–H and O–H groups in total. The quantitative estimate of drug-likeness (QED) is 0.316. The maximum absolute atomic E-state index is 13.1. The topological polar surface area (TPSA) is 121 Å². The fraction of sp³-hybridized carbons (Fsp3) is 0.333. The maximum Gasteiger partial charge on any atom is 0.257 e. The Bertz CT molecular complexity index is 1200. The zero-order chi connectivity index (χ0) is 22.9. The largest absolute Gasteiger partial charge is 0.504 e. The first-order valence-electron chi connectivity index (χ1n) is 10.4. The van der Waals surface area contributed by atoms with E-state index in [-0.39, 0.29) is 41.0 Å². The number of phenolic OH excluding ortho intramolecular Hbond substituents is 1. The van der Waals surface area contributed by atoms with E-state index in [9.17, 15) is 29.5 Å². The van der Waals surface area contributed by atoms with Crippen LogP contribution in [0.2, 0.25) is 0 Å². The molecule has 0 radical (unpaired) electrons. The average molecular weight is 435 g/mol. The van der Waals surface area contributed by atoms with Gasteiger partial charge in [0.05, 0.1) is 18.9 Å². The van der Waals surface area contributed by atoms with Crippen LogP contribution in [0.4, 0.5) is 0 Å². The van der Waals surface area contributed by atoms with E-state index in [0.29, 0.717) is 22.3 Å². The minimum atomic E-state index is -0.801. The number of aromatic hydroxyl groups is 1. The molecule has 1 aliphatic heterocycles. The van der Waals surface area contributed by atoms with Crippen LogP contribution in [0.25, 0.3) is 0 Å². The van der Waals surface area contributed by atoms with Crippen molar-refractivity contribution in [2.24, 2.45) is 17.8 Å². The summed E-state index contributed by atoms with van der Waals surface area (Å²) < 4.78 is 5.12. The number of ether oxygens (including phenoxy) is 1. The van der Waals surface area contributed by atoms with Crippen LogP contribution in [-0.4, -0.2) is 45.9 Å². The van der Waals surface area contributed by atoms with Crippen LogP contribution in [0.3, 0.4) is 0 Å². The number of hydroxylamine groups is 2. The van der Waals surface area contributed by atoms with Gasteiger partial charge >= 0.3 is 0 Å². The van der Waals surface area contributed by atoms with Crippen LogP contribution >= 0.6 is 0 Å².